The monoisotopic (exact) mass is 456 g/mol. The molecule has 0 bridgehead atoms. The Kier molecular flexibility index (Phi) is 6.35. The maximum atomic E-state index is 14.9. The SMILES string of the molecule is CSc1nnnn1Cc1ccc(-c2ccc(N3CC(CNC(C)=O)OC3=O)cc2F)cc1. The zero-order valence-electron chi connectivity index (χ0n) is 17.5. The summed E-state index contributed by atoms with van der Waals surface area (Å²) in [5, 5.41) is 14.9. The number of carbonyl (C=O) groups excluding carboxylic acids is 2. The minimum Gasteiger partial charge on any atom is -0.442 e. The van der Waals surface area contributed by atoms with Gasteiger partial charge in [0.05, 0.1) is 25.3 Å². The van der Waals surface area contributed by atoms with E-state index < -0.39 is 18.0 Å². The van der Waals surface area contributed by atoms with Crippen LogP contribution >= 0.6 is 11.8 Å². The second kappa shape index (κ2) is 9.35. The van der Waals surface area contributed by atoms with Gasteiger partial charge in [-0.1, -0.05) is 36.0 Å². The minimum atomic E-state index is -0.566. The first-order valence-corrected chi connectivity index (χ1v) is 11.1. The average Bonchev–Trinajstić information content (AvgIpc) is 3.38. The molecule has 1 saturated heterocycles. The predicted octanol–water partition coefficient (Wildman–Crippen LogP) is 2.71. The van der Waals surface area contributed by atoms with E-state index in [0.29, 0.717) is 23.4 Å². The lowest BCUT2D eigenvalue weighted by Gasteiger charge is -2.15. The zero-order chi connectivity index (χ0) is 22.7. The van der Waals surface area contributed by atoms with Crippen LogP contribution in [0.25, 0.3) is 11.1 Å². The maximum Gasteiger partial charge on any atom is 0.414 e. The summed E-state index contributed by atoms with van der Waals surface area (Å²) in [7, 11) is 0. The molecule has 1 fully saturated rings. The van der Waals surface area contributed by atoms with Crippen LogP contribution in [0, 0.1) is 5.82 Å². The highest BCUT2D eigenvalue weighted by atomic mass is 32.2. The van der Waals surface area contributed by atoms with Gasteiger partial charge >= 0.3 is 6.09 Å². The van der Waals surface area contributed by atoms with E-state index in [9.17, 15) is 14.0 Å². The number of thioether (sulfide) groups is 1. The molecule has 166 valence electrons. The number of nitrogens with zero attached hydrogens (tertiary/aromatic N) is 5. The van der Waals surface area contributed by atoms with Crippen molar-refractivity contribution in [2.24, 2.45) is 0 Å². The fourth-order valence-electron chi connectivity index (χ4n) is 3.41. The van der Waals surface area contributed by atoms with Gasteiger partial charge in [0, 0.05) is 12.5 Å². The number of halogens is 1. The molecule has 0 spiro atoms. The van der Waals surface area contributed by atoms with E-state index in [0.717, 1.165) is 10.7 Å². The lowest BCUT2D eigenvalue weighted by molar-refractivity contribution is -0.119. The highest BCUT2D eigenvalue weighted by Gasteiger charge is 2.32. The van der Waals surface area contributed by atoms with E-state index in [4.69, 9.17) is 4.74 Å². The van der Waals surface area contributed by atoms with Crippen molar-refractivity contribution in [3.63, 3.8) is 0 Å². The lowest BCUT2D eigenvalue weighted by Crippen LogP contribution is -2.33. The summed E-state index contributed by atoms with van der Waals surface area (Å²) < 4.78 is 21.8. The largest absolute Gasteiger partial charge is 0.442 e. The Bertz CT molecular complexity index is 1140. The molecule has 1 aliphatic heterocycles. The molecule has 11 heteroatoms. The molecule has 0 radical (unpaired) electrons. The minimum absolute atomic E-state index is 0.205. The topological polar surface area (TPSA) is 102 Å². The second-order valence-corrected chi connectivity index (χ2v) is 8.01. The number of aromatic nitrogens is 4. The molecule has 9 nitrogen and oxygen atoms in total. The summed E-state index contributed by atoms with van der Waals surface area (Å²) in [4.78, 5) is 24.6. The summed E-state index contributed by atoms with van der Waals surface area (Å²) in [6.07, 6.45) is 0.862. The third kappa shape index (κ3) is 4.72. The van der Waals surface area contributed by atoms with Gasteiger partial charge in [0.2, 0.25) is 11.1 Å². The van der Waals surface area contributed by atoms with Crippen molar-refractivity contribution in [1.82, 2.24) is 25.5 Å². The van der Waals surface area contributed by atoms with E-state index in [1.807, 2.05) is 30.5 Å². The van der Waals surface area contributed by atoms with Gasteiger partial charge in [-0.3, -0.25) is 9.69 Å². The summed E-state index contributed by atoms with van der Waals surface area (Å²) in [6.45, 7) is 2.36. The van der Waals surface area contributed by atoms with Crippen LogP contribution in [0.5, 0.6) is 0 Å². The smallest absolute Gasteiger partial charge is 0.414 e. The van der Waals surface area contributed by atoms with E-state index in [-0.39, 0.29) is 19.0 Å². The van der Waals surface area contributed by atoms with Crippen LogP contribution in [-0.4, -0.2) is 57.7 Å². The van der Waals surface area contributed by atoms with Gasteiger partial charge in [-0.2, -0.15) is 0 Å². The Labute approximate surface area is 187 Å². The zero-order valence-corrected chi connectivity index (χ0v) is 18.3. The first-order valence-electron chi connectivity index (χ1n) is 9.86. The van der Waals surface area contributed by atoms with E-state index in [1.165, 1.54) is 29.7 Å². The third-order valence-corrected chi connectivity index (χ3v) is 5.65. The molecule has 2 amide bonds. The average molecular weight is 457 g/mol. The molecule has 3 aromatic rings. The summed E-state index contributed by atoms with van der Waals surface area (Å²) in [6, 6.07) is 12.1. The van der Waals surface area contributed by atoms with Crippen molar-refractivity contribution in [1.29, 1.82) is 0 Å². The van der Waals surface area contributed by atoms with Gasteiger partial charge < -0.3 is 10.1 Å². The number of carbonyl (C=O) groups is 2. The normalized spacial score (nSPS) is 15.7. The van der Waals surface area contributed by atoms with Gasteiger partial charge in [-0.05, 0) is 46.0 Å². The summed E-state index contributed by atoms with van der Waals surface area (Å²) in [5.41, 5.74) is 2.53. The highest BCUT2D eigenvalue weighted by Crippen LogP contribution is 2.29. The number of amides is 2. The van der Waals surface area contributed by atoms with Crippen LogP contribution < -0.4 is 10.2 Å². The molecule has 1 N–H and O–H groups in total. The van der Waals surface area contributed by atoms with Crippen LogP contribution in [-0.2, 0) is 16.1 Å². The Morgan fingerprint density at radius 2 is 2.06 bits per heavy atom. The van der Waals surface area contributed by atoms with E-state index in [1.54, 1.807) is 16.8 Å². The van der Waals surface area contributed by atoms with Crippen molar-refractivity contribution in [3.05, 3.63) is 53.8 Å². The van der Waals surface area contributed by atoms with Gasteiger partial charge in [0.1, 0.15) is 11.9 Å². The Morgan fingerprint density at radius 1 is 1.28 bits per heavy atom. The van der Waals surface area contributed by atoms with Gasteiger partial charge in [-0.25, -0.2) is 13.9 Å². The fraction of sp³-hybridized carbons (Fsp3) is 0.286. The molecule has 1 atom stereocenters. The molecule has 2 aromatic carbocycles. The van der Waals surface area contributed by atoms with Crippen molar-refractivity contribution < 1.29 is 18.7 Å². The number of tetrazole rings is 1. The molecule has 32 heavy (non-hydrogen) atoms. The van der Waals surface area contributed by atoms with Crippen LogP contribution in [0.1, 0.15) is 12.5 Å². The van der Waals surface area contributed by atoms with Crippen molar-refractivity contribution >= 4 is 29.4 Å². The van der Waals surface area contributed by atoms with Crippen LogP contribution in [0.4, 0.5) is 14.9 Å². The molecule has 0 aliphatic carbocycles. The number of ether oxygens (including phenoxy) is 1. The van der Waals surface area contributed by atoms with E-state index >= 15 is 0 Å². The van der Waals surface area contributed by atoms with Crippen molar-refractivity contribution in [2.45, 2.75) is 24.7 Å². The maximum absolute atomic E-state index is 14.9. The first kappa shape index (κ1) is 21.8. The number of rotatable bonds is 7. The Balaban J connectivity index is 1.46. The molecular formula is C21H21FN6O3S. The first-order chi connectivity index (χ1) is 15.4. The number of hydrogen-bond donors (Lipinski definition) is 1. The van der Waals surface area contributed by atoms with Crippen LogP contribution in [0.3, 0.4) is 0 Å². The number of benzene rings is 2. The summed E-state index contributed by atoms with van der Waals surface area (Å²) >= 11 is 1.46. The van der Waals surface area contributed by atoms with Gasteiger partial charge in [0.25, 0.3) is 0 Å². The number of cyclic esters (lactones) is 1. The standard InChI is InChI=1S/C21H21FN6O3S/c1-13(29)23-10-17-12-27(21(30)31-17)16-7-8-18(19(22)9-16)15-5-3-14(4-6-15)11-28-20(32-2)24-25-26-28/h3-9,17H,10-12H2,1-2H3,(H,23,29). The Morgan fingerprint density at radius 3 is 2.75 bits per heavy atom. The summed E-state index contributed by atoms with van der Waals surface area (Å²) in [5.74, 6) is -0.651. The molecule has 0 saturated carbocycles. The van der Waals surface area contributed by atoms with Crippen molar-refractivity contribution in [3.8, 4) is 11.1 Å². The molecule has 1 aromatic heterocycles. The molecule has 1 aliphatic rings. The van der Waals surface area contributed by atoms with Crippen molar-refractivity contribution in [2.75, 3.05) is 24.2 Å². The number of nitrogens with one attached hydrogen (secondary N) is 1. The third-order valence-electron chi connectivity index (χ3n) is 5.00. The fourth-order valence-corrected chi connectivity index (χ4v) is 3.84. The van der Waals surface area contributed by atoms with Gasteiger partial charge in [-0.15, -0.1) is 5.10 Å². The molecule has 2 heterocycles. The molecular weight excluding hydrogens is 435 g/mol. The molecule has 4 rings (SSSR count). The highest BCUT2D eigenvalue weighted by molar-refractivity contribution is 7.98. The predicted molar refractivity (Wildman–Crippen MR) is 117 cm³/mol. The molecule has 1 unspecified atom stereocenters. The number of hydrogen-bond acceptors (Lipinski definition) is 7. The lowest BCUT2D eigenvalue weighted by atomic mass is 10.0. The van der Waals surface area contributed by atoms with Crippen LogP contribution in [0.15, 0.2) is 47.6 Å². The number of anilines is 1. The van der Waals surface area contributed by atoms with Gasteiger partial charge in [0.15, 0.2) is 0 Å². The quantitative estimate of drug-likeness (QED) is 0.546. The Hall–Kier alpha value is -3.47. The van der Waals surface area contributed by atoms with E-state index in [2.05, 4.69) is 20.8 Å². The van der Waals surface area contributed by atoms with Crippen LogP contribution in [0.2, 0.25) is 0 Å². The second-order valence-electron chi connectivity index (χ2n) is 7.24.